The van der Waals surface area contributed by atoms with Crippen molar-refractivity contribution in [2.45, 2.75) is 46.8 Å². The first-order chi connectivity index (χ1) is 19.6. The van der Waals surface area contributed by atoms with E-state index < -0.39 is 5.97 Å². The number of carbonyl (C=O) groups is 1. The van der Waals surface area contributed by atoms with Crippen molar-refractivity contribution in [2.75, 3.05) is 12.4 Å². The van der Waals surface area contributed by atoms with Crippen molar-refractivity contribution >= 4 is 17.2 Å². The fraction of sp³-hybridized carbons (Fsp3) is 0.229. The molecule has 0 aliphatic carbocycles. The van der Waals surface area contributed by atoms with E-state index in [1.807, 2.05) is 44.2 Å². The molecule has 210 valence electrons. The Bertz CT molecular complexity index is 1670. The Balaban J connectivity index is 1.56. The molecule has 5 nitrogen and oxygen atoms in total. The van der Waals surface area contributed by atoms with Gasteiger partial charge in [-0.2, -0.15) is 0 Å². The van der Waals surface area contributed by atoms with Gasteiger partial charge in [-0.15, -0.1) is 0 Å². The summed E-state index contributed by atoms with van der Waals surface area (Å²) in [7, 11) is 1.59. The first kappa shape index (κ1) is 28.0. The molecular weight excluding hydrogens is 517 g/mol. The Morgan fingerprint density at radius 2 is 1.63 bits per heavy atom. The predicted octanol–water partition coefficient (Wildman–Crippen LogP) is 8.52. The van der Waals surface area contributed by atoms with Crippen LogP contribution >= 0.6 is 0 Å². The lowest BCUT2D eigenvalue weighted by molar-refractivity contribution is 0.0733. The first-order valence-electron chi connectivity index (χ1n) is 13.6. The third kappa shape index (κ3) is 5.82. The third-order valence-corrected chi connectivity index (χ3v) is 7.30. The molecule has 4 aromatic rings. The molecule has 1 heterocycles. The van der Waals surface area contributed by atoms with E-state index >= 15 is 0 Å². The van der Waals surface area contributed by atoms with Crippen LogP contribution in [0.2, 0.25) is 0 Å². The van der Waals surface area contributed by atoms with E-state index in [0.717, 1.165) is 44.6 Å². The number of nitrogens with one attached hydrogen (secondary N) is 1. The molecule has 0 saturated carbocycles. The lowest BCUT2D eigenvalue weighted by Gasteiger charge is -2.33. The van der Waals surface area contributed by atoms with Crippen molar-refractivity contribution < 1.29 is 23.4 Å². The van der Waals surface area contributed by atoms with Gasteiger partial charge in [-0.05, 0) is 87.2 Å². The summed E-state index contributed by atoms with van der Waals surface area (Å²) >= 11 is 0. The molecule has 0 unspecified atom stereocenters. The molecule has 1 N–H and O–H groups in total. The molecule has 0 bridgehead atoms. The van der Waals surface area contributed by atoms with Gasteiger partial charge in [0, 0.05) is 34.5 Å². The van der Waals surface area contributed by atoms with E-state index in [1.54, 1.807) is 31.4 Å². The molecule has 41 heavy (non-hydrogen) atoms. The number of carbonyl (C=O) groups excluding carboxylic acids is 1. The van der Waals surface area contributed by atoms with Crippen LogP contribution in [0.3, 0.4) is 0 Å². The van der Waals surface area contributed by atoms with Gasteiger partial charge in [-0.1, -0.05) is 36.4 Å². The molecule has 6 heteroatoms. The number of halogens is 1. The second-order valence-corrected chi connectivity index (χ2v) is 11.0. The number of hydrogen-bond donors (Lipinski definition) is 1. The largest absolute Gasteiger partial charge is 0.496 e. The fourth-order valence-corrected chi connectivity index (χ4v) is 5.40. The zero-order valence-corrected chi connectivity index (χ0v) is 24.2. The van der Waals surface area contributed by atoms with E-state index in [2.05, 4.69) is 38.2 Å². The summed E-state index contributed by atoms with van der Waals surface area (Å²) in [4.78, 5) is 12.8. The monoisotopic (exact) mass is 551 g/mol. The maximum Gasteiger partial charge on any atom is 0.343 e. The molecule has 0 aromatic heterocycles. The van der Waals surface area contributed by atoms with E-state index in [9.17, 15) is 9.18 Å². The maximum absolute atomic E-state index is 14.0. The summed E-state index contributed by atoms with van der Waals surface area (Å²) in [6.45, 7) is 10.3. The molecule has 0 atom stereocenters. The van der Waals surface area contributed by atoms with Crippen LogP contribution in [0.1, 0.15) is 53.4 Å². The number of allylic oxidation sites excluding steroid dienone is 1. The quantitative estimate of drug-likeness (QED) is 0.184. The lowest BCUT2D eigenvalue weighted by Crippen LogP contribution is -2.32. The van der Waals surface area contributed by atoms with Crippen LogP contribution < -0.4 is 19.5 Å². The van der Waals surface area contributed by atoms with Gasteiger partial charge in [-0.3, -0.25) is 0 Å². The van der Waals surface area contributed by atoms with Crippen LogP contribution in [-0.4, -0.2) is 18.6 Å². The molecule has 0 amide bonds. The second-order valence-electron chi connectivity index (χ2n) is 11.0. The summed E-state index contributed by atoms with van der Waals surface area (Å²) in [5.41, 5.74) is 7.79. The molecule has 0 saturated heterocycles. The Kier molecular flexibility index (Phi) is 7.59. The van der Waals surface area contributed by atoms with Crippen molar-refractivity contribution in [3.05, 3.63) is 113 Å². The zero-order valence-electron chi connectivity index (χ0n) is 24.2. The minimum absolute atomic E-state index is 0.212. The summed E-state index contributed by atoms with van der Waals surface area (Å²) in [5.74, 6) is 0.641. The van der Waals surface area contributed by atoms with E-state index in [4.69, 9.17) is 14.2 Å². The highest BCUT2D eigenvalue weighted by molar-refractivity contribution is 5.93. The summed E-state index contributed by atoms with van der Waals surface area (Å²) < 4.78 is 31.8. The van der Waals surface area contributed by atoms with Crippen molar-refractivity contribution in [2.24, 2.45) is 0 Å². The van der Waals surface area contributed by atoms with Crippen LogP contribution in [0.25, 0.3) is 16.7 Å². The van der Waals surface area contributed by atoms with Gasteiger partial charge in [0.25, 0.3) is 0 Å². The van der Waals surface area contributed by atoms with Crippen LogP contribution in [0.5, 0.6) is 17.2 Å². The van der Waals surface area contributed by atoms with E-state index in [-0.39, 0.29) is 18.0 Å². The number of anilines is 1. The highest BCUT2D eigenvalue weighted by atomic mass is 19.1. The van der Waals surface area contributed by atoms with Gasteiger partial charge >= 0.3 is 5.97 Å². The number of esters is 1. The van der Waals surface area contributed by atoms with Crippen molar-refractivity contribution in [3.8, 4) is 28.4 Å². The maximum atomic E-state index is 14.0. The number of methoxy groups -OCH3 is 1. The molecule has 0 spiro atoms. The van der Waals surface area contributed by atoms with Gasteiger partial charge < -0.3 is 19.5 Å². The molecular formula is C35H34FNO4. The van der Waals surface area contributed by atoms with Crippen LogP contribution in [0.15, 0.2) is 78.9 Å². The van der Waals surface area contributed by atoms with Gasteiger partial charge in [-0.25, -0.2) is 9.18 Å². The molecule has 4 aromatic carbocycles. The number of benzene rings is 4. The van der Waals surface area contributed by atoms with Gasteiger partial charge in [0.15, 0.2) is 0 Å². The number of rotatable bonds is 7. The van der Waals surface area contributed by atoms with Crippen LogP contribution in [-0.2, 0) is 6.61 Å². The molecule has 0 fully saturated rings. The van der Waals surface area contributed by atoms with Crippen LogP contribution in [0, 0.1) is 19.7 Å². The van der Waals surface area contributed by atoms with Gasteiger partial charge in [0.1, 0.15) is 29.7 Å². The third-order valence-electron chi connectivity index (χ3n) is 7.30. The SMILES string of the molecule is COc1cc(OC(=O)c2ccccc2C)ccc1-c1ccc2c(c1COc1cc(F)ccc1C)C(C)=CC(C)(C)N2. The first-order valence-corrected chi connectivity index (χ1v) is 13.6. The molecule has 1 aliphatic rings. The summed E-state index contributed by atoms with van der Waals surface area (Å²) in [5, 5.41) is 3.60. The Morgan fingerprint density at radius 3 is 2.39 bits per heavy atom. The standard InChI is InChI=1S/C35H34FNO4/c1-21-9-7-8-10-26(21)34(38)41-25-13-14-28(32(18-25)39-6)27-15-16-30-33(23(3)19-35(4,5)37-30)29(27)20-40-31-17-24(36)12-11-22(31)2/h7-19,37H,20H2,1-6H3. The number of ether oxygens (including phenoxy) is 3. The minimum Gasteiger partial charge on any atom is -0.496 e. The number of fused-ring (bicyclic) bond motifs is 1. The molecule has 5 rings (SSSR count). The van der Waals surface area contributed by atoms with Gasteiger partial charge in [0.05, 0.1) is 18.2 Å². The predicted molar refractivity (Wildman–Crippen MR) is 161 cm³/mol. The van der Waals surface area contributed by atoms with E-state index in [1.165, 1.54) is 12.1 Å². The van der Waals surface area contributed by atoms with Crippen molar-refractivity contribution in [3.63, 3.8) is 0 Å². The second kappa shape index (κ2) is 11.1. The smallest absolute Gasteiger partial charge is 0.343 e. The Labute approximate surface area is 240 Å². The average molecular weight is 552 g/mol. The summed E-state index contributed by atoms with van der Waals surface area (Å²) in [6.07, 6.45) is 2.20. The molecule has 0 radical (unpaired) electrons. The average Bonchev–Trinajstić information content (AvgIpc) is 2.92. The van der Waals surface area contributed by atoms with Crippen molar-refractivity contribution in [1.29, 1.82) is 0 Å². The Hall–Kier alpha value is -4.58. The number of aryl methyl sites for hydroxylation is 2. The summed E-state index contributed by atoms with van der Waals surface area (Å²) in [6, 6.07) is 21.3. The molecule has 1 aliphatic heterocycles. The van der Waals surface area contributed by atoms with Crippen LogP contribution in [0.4, 0.5) is 10.1 Å². The topological polar surface area (TPSA) is 56.8 Å². The van der Waals surface area contributed by atoms with Gasteiger partial charge in [0.2, 0.25) is 0 Å². The highest BCUT2D eigenvalue weighted by Crippen LogP contribution is 2.43. The fourth-order valence-electron chi connectivity index (χ4n) is 5.40. The van der Waals surface area contributed by atoms with Crippen molar-refractivity contribution in [1.82, 2.24) is 0 Å². The van der Waals surface area contributed by atoms with E-state index in [0.29, 0.717) is 22.8 Å². The normalized spacial score (nSPS) is 13.5. The zero-order chi connectivity index (χ0) is 29.3. The lowest BCUT2D eigenvalue weighted by atomic mass is 9.85. The number of hydrogen-bond acceptors (Lipinski definition) is 5. The highest BCUT2D eigenvalue weighted by Gasteiger charge is 2.27. The minimum atomic E-state index is -0.430. The Morgan fingerprint density at radius 1 is 0.878 bits per heavy atom.